The van der Waals surface area contributed by atoms with Crippen molar-refractivity contribution in [2.45, 2.75) is 18.9 Å². The minimum absolute atomic E-state index is 0.0645. The third-order valence-corrected chi connectivity index (χ3v) is 4.60. The Labute approximate surface area is 151 Å². The van der Waals surface area contributed by atoms with Gasteiger partial charge in [0.2, 0.25) is 5.95 Å². The van der Waals surface area contributed by atoms with Gasteiger partial charge in [0, 0.05) is 49.6 Å². The van der Waals surface area contributed by atoms with Gasteiger partial charge in [0.15, 0.2) is 0 Å². The Morgan fingerprint density at radius 1 is 1.27 bits per heavy atom. The summed E-state index contributed by atoms with van der Waals surface area (Å²) in [6.45, 7) is 1.61. The van der Waals surface area contributed by atoms with Crippen molar-refractivity contribution < 1.29 is 4.79 Å². The topological polar surface area (TPSA) is 88.0 Å². The molecule has 0 saturated carbocycles. The van der Waals surface area contributed by atoms with Crippen LogP contribution in [0.1, 0.15) is 12.8 Å². The van der Waals surface area contributed by atoms with Gasteiger partial charge in [0.1, 0.15) is 0 Å². The van der Waals surface area contributed by atoms with E-state index >= 15 is 0 Å². The standard InChI is InChI=1S/C18H21N7O/c1-24-16-6-5-14(10-13(16)11-21-24)22-18(26)23-15-4-2-9-25(12-15)17-19-7-3-8-20-17/h3,5-8,10-11,15H,2,4,9,12H2,1H3,(H2,22,23,26). The zero-order chi connectivity index (χ0) is 17.9. The highest BCUT2D eigenvalue weighted by atomic mass is 16.2. The number of anilines is 2. The Bertz CT molecular complexity index is 908. The number of nitrogens with one attached hydrogen (secondary N) is 2. The summed E-state index contributed by atoms with van der Waals surface area (Å²) < 4.78 is 1.81. The number of benzene rings is 1. The van der Waals surface area contributed by atoms with Gasteiger partial charge in [-0.05, 0) is 37.1 Å². The number of carbonyl (C=O) groups is 1. The largest absolute Gasteiger partial charge is 0.339 e. The maximum atomic E-state index is 12.4. The van der Waals surface area contributed by atoms with Crippen molar-refractivity contribution in [3.05, 3.63) is 42.9 Å². The first kappa shape index (κ1) is 16.3. The molecular weight excluding hydrogens is 330 g/mol. The predicted molar refractivity (Wildman–Crippen MR) is 100 cm³/mol. The van der Waals surface area contributed by atoms with Crippen molar-refractivity contribution in [3.63, 3.8) is 0 Å². The number of piperidine rings is 1. The first-order valence-corrected chi connectivity index (χ1v) is 8.70. The normalized spacial score (nSPS) is 17.3. The summed E-state index contributed by atoms with van der Waals surface area (Å²) in [5.41, 5.74) is 1.78. The number of rotatable bonds is 3. The van der Waals surface area contributed by atoms with E-state index in [0.29, 0.717) is 12.5 Å². The maximum absolute atomic E-state index is 12.4. The van der Waals surface area contributed by atoms with Gasteiger partial charge in [0.05, 0.1) is 11.7 Å². The number of nitrogens with zero attached hydrogens (tertiary/aromatic N) is 5. The summed E-state index contributed by atoms with van der Waals surface area (Å²) in [7, 11) is 1.90. The van der Waals surface area contributed by atoms with E-state index < -0.39 is 0 Å². The van der Waals surface area contributed by atoms with Crippen LogP contribution in [0, 0.1) is 0 Å². The predicted octanol–water partition coefficient (Wildman–Crippen LogP) is 2.15. The Morgan fingerprint density at radius 2 is 2.12 bits per heavy atom. The zero-order valence-corrected chi connectivity index (χ0v) is 14.6. The molecule has 1 saturated heterocycles. The molecule has 1 unspecified atom stereocenters. The molecule has 0 radical (unpaired) electrons. The van der Waals surface area contributed by atoms with Crippen molar-refractivity contribution >= 4 is 28.6 Å². The lowest BCUT2D eigenvalue weighted by molar-refractivity contribution is 0.246. The molecule has 2 aromatic heterocycles. The lowest BCUT2D eigenvalue weighted by atomic mass is 10.1. The molecular formula is C18H21N7O. The number of hydrogen-bond donors (Lipinski definition) is 2. The summed E-state index contributed by atoms with van der Waals surface area (Å²) in [6.07, 6.45) is 7.20. The first-order valence-electron chi connectivity index (χ1n) is 8.70. The number of amides is 2. The van der Waals surface area contributed by atoms with Gasteiger partial charge >= 0.3 is 6.03 Å². The molecule has 8 heteroatoms. The first-order chi connectivity index (χ1) is 12.7. The van der Waals surface area contributed by atoms with Gasteiger partial charge in [-0.15, -0.1) is 0 Å². The summed E-state index contributed by atoms with van der Waals surface area (Å²) in [4.78, 5) is 23.1. The molecule has 4 rings (SSSR count). The van der Waals surface area contributed by atoms with Crippen molar-refractivity contribution in [1.82, 2.24) is 25.1 Å². The highest BCUT2D eigenvalue weighted by Crippen LogP contribution is 2.19. The minimum atomic E-state index is -0.200. The zero-order valence-electron chi connectivity index (χ0n) is 14.6. The van der Waals surface area contributed by atoms with Crippen molar-refractivity contribution in [2.24, 2.45) is 7.05 Å². The lowest BCUT2D eigenvalue weighted by Crippen LogP contribution is -2.49. The number of carbonyl (C=O) groups excluding carboxylic acids is 1. The van der Waals surface area contributed by atoms with Crippen LogP contribution in [0.15, 0.2) is 42.9 Å². The number of aryl methyl sites for hydroxylation is 1. The molecule has 0 aliphatic carbocycles. The molecule has 1 aromatic carbocycles. The van der Waals surface area contributed by atoms with E-state index in [0.717, 1.165) is 36.0 Å². The number of fused-ring (bicyclic) bond motifs is 1. The summed E-state index contributed by atoms with van der Waals surface area (Å²) in [5.74, 6) is 0.710. The smallest absolute Gasteiger partial charge is 0.319 e. The van der Waals surface area contributed by atoms with Crippen LogP contribution in [0.25, 0.3) is 10.9 Å². The molecule has 1 atom stereocenters. The average molecular weight is 351 g/mol. The fraction of sp³-hybridized carbons (Fsp3) is 0.333. The van der Waals surface area contributed by atoms with E-state index in [9.17, 15) is 4.79 Å². The fourth-order valence-corrected chi connectivity index (χ4v) is 3.33. The van der Waals surface area contributed by atoms with Crippen molar-refractivity contribution in [1.29, 1.82) is 0 Å². The van der Waals surface area contributed by atoms with Crippen LogP contribution in [0.3, 0.4) is 0 Å². The van der Waals surface area contributed by atoms with E-state index in [1.165, 1.54) is 0 Å². The molecule has 2 amide bonds. The Hall–Kier alpha value is -3.16. The molecule has 3 aromatic rings. The monoisotopic (exact) mass is 351 g/mol. The van der Waals surface area contributed by atoms with Gasteiger partial charge in [-0.2, -0.15) is 5.10 Å². The van der Waals surface area contributed by atoms with E-state index in [4.69, 9.17) is 0 Å². The highest BCUT2D eigenvalue weighted by molar-refractivity contribution is 5.92. The lowest BCUT2D eigenvalue weighted by Gasteiger charge is -2.33. The van der Waals surface area contributed by atoms with Gasteiger partial charge in [-0.3, -0.25) is 4.68 Å². The van der Waals surface area contributed by atoms with Crippen molar-refractivity contribution in [2.75, 3.05) is 23.3 Å². The number of aromatic nitrogens is 4. The molecule has 1 aliphatic heterocycles. The quantitative estimate of drug-likeness (QED) is 0.755. The van der Waals surface area contributed by atoms with Crippen LogP contribution < -0.4 is 15.5 Å². The molecule has 8 nitrogen and oxygen atoms in total. The van der Waals surface area contributed by atoms with Crippen molar-refractivity contribution in [3.8, 4) is 0 Å². The van der Waals surface area contributed by atoms with E-state index in [1.807, 2.05) is 25.2 Å². The summed E-state index contributed by atoms with van der Waals surface area (Å²) in [6, 6.07) is 7.42. The van der Waals surface area contributed by atoms with Crippen LogP contribution in [-0.4, -0.2) is 44.9 Å². The second-order valence-corrected chi connectivity index (χ2v) is 6.47. The second-order valence-electron chi connectivity index (χ2n) is 6.47. The van der Waals surface area contributed by atoms with Crippen LogP contribution in [-0.2, 0) is 7.05 Å². The minimum Gasteiger partial charge on any atom is -0.339 e. The molecule has 0 spiro atoms. The van der Waals surface area contributed by atoms with Crippen LogP contribution in [0.5, 0.6) is 0 Å². The fourth-order valence-electron chi connectivity index (χ4n) is 3.33. The van der Waals surface area contributed by atoms with Gasteiger partial charge < -0.3 is 15.5 Å². The third-order valence-electron chi connectivity index (χ3n) is 4.60. The summed E-state index contributed by atoms with van der Waals surface area (Å²) >= 11 is 0. The Balaban J connectivity index is 1.37. The van der Waals surface area contributed by atoms with E-state index in [2.05, 4.69) is 30.6 Å². The molecule has 3 heterocycles. The highest BCUT2D eigenvalue weighted by Gasteiger charge is 2.23. The van der Waals surface area contributed by atoms with E-state index in [1.54, 1.807) is 29.3 Å². The summed E-state index contributed by atoms with van der Waals surface area (Å²) in [5, 5.41) is 11.2. The van der Waals surface area contributed by atoms with Crippen LogP contribution >= 0.6 is 0 Å². The molecule has 26 heavy (non-hydrogen) atoms. The Morgan fingerprint density at radius 3 is 2.96 bits per heavy atom. The van der Waals surface area contributed by atoms with Gasteiger partial charge in [-0.1, -0.05) is 0 Å². The third kappa shape index (κ3) is 3.44. The average Bonchev–Trinajstić information content (AvgIpc) is 3.03. The SMILES string of the molecule is Cn1ncc2cc(NC(=O)NC3CCCN(c4ncccn4)C3)ccc21. The van der Waals surface area contributed by atoms with Crippen LogP contribution in [0.2, 0.25) is 0 Å². The molecule has 0 bridgehead atoms. The second kappa shape index (κ2) is 6.99. The van der Waals surface area contributed by atoms with Crippen LogP contribution in [0.4, 0.5) is 16.4 Å². The number of urea groups is 1. The van der Waals surface area contributed by atoms with Gasteiger partial charge in [0.25, 0.3) is 0 Å². The molecule has 134 valence electrons. The number of hydrogen-bond acceptors (Lipinski definition) is 5. The maximum Gasteiger partial charge on any atom is 0.319 e. The molecule has 2 N–H and O–H groups in total. The molecule has 1 fully saturated rings. The molecule has 1 aliphatic rings. The Kier molecular flexibility index (Phi) is 4.39. The van der Waals surface area contributed by atoms with E-state index in [-0.39, 0.29) is 12.1 Å². The van der Waals surface area contributed by atoms with Gasteiger partial charge in [-0.25, -0.2) is 14.8 Å².